The first-order chi connectivity index (χ1) is 22.8. The van der Waals surface area contributed by atoms with Crippen LogP contribution in [-0.4, -0.2) is 5.78 Å². The van der Waals surface area contributed by atoms with Crippen LogP contribution in [0.25, 0.3) is 55.7 Å². The monoisotopic (exact) mass is 586 g/mol. The summed E-state index contributed by atoms with van der Waals surface area (Å²) in [6.07, 6.45) is 0. The zero-order valence-electron chi connectivity index (χ0n) is 25.2. The Hall–Kier alpha value is -6.05. The number of ketones is 1. The number of hydrogen-bond acceptors (Lipinski definition) is 1. The fraction of sp³-hybridized carbons (Fsp3) is 0. The molecule has 0 saturated carbocycles. The lowest BCUT2D eigenvalue weighted by Gasteiger charge is -2.26. The molecule has 0 radical (unpaired) electrons. The second-order valence-electron chi connectivity index (χ2n) is 11.5. The molecule has 1 nitrogen and oxygen atoms in total. The van der Waals surface area contributed by atoms with E-state index in [1.807, 2.05) is 36.4 Å². The first kappa shape index (κ1) is 27.5. The largest absolute Gasteiger partial charge is 0.289 e. The van der Waals surface area contributed by atoms with E-state index < -0.39 is 0 Å². The van der Waals surface area contributed by atoms with Crippen LogP contribution in [0.5, 0.6) is 0 Å². The Kier molecular flexibility index (Phi) is 7.05. The third-order valence-corrected chi connectivity index (χ3v) is 8.83. The highest BCUT2D eigenvalue weighted by Gasteiger charge is 2.39. The Morgan fingerprint density at radius 3 is 0.783 bits per heavy atom. The highest BCUT2D eigenvalue weighted by Crippen LogP contribution is 2.56. The molecule has 0 amide bonds. The SMILES string of the molecule is O=C1C(c2ccccc2)=C(c2ccccc2)c2c1c(-c1ccccc1)c(-c1ccccc1)c(-c1ccccc1)c2-c1ccccc1. The van der Waals surface area contributed by atoms with Crippen molar-refractivity contribution in [2.75, 3.05) is 0 Å². The molecule has 7 aromatic rings. The van der Waals surface area contributed by atoms with Gasteiger partial charge in [-0.25, -0.2) is 0 Å². The average molecular weight is 587 g/mol. The molecular formula is C45H30O. The van der Waals surface area contributed by atoms with E-state index in [2.05, 4.69) is 146 Å². The minimum atomic E-state index is 0.0490. The van der Waals surface area contributed by atoms with E-state index in [1.54, 1.807) is 0 Å². The van der Waals surface area contributed by atoms with Crippen molar-refractivity contribution in [3.63, 3.8) is 0 Å². The van der Waals surface area contributed by atoms with Crippen LogP contribution in [0.2, 0.25) is 0 Å². The second kappa shape index (κ2) is 11.8. The summed E-state index contributed by atoms with van der Waals surface area (Å²) in [5.41, 5.74) is 13.9. The standard InChI is InChI=1S/C45H30O/c46-45-42(36-29-17-6-18-30-36)41(35-27-15-5-16-28-35)43-39(33-23-11-3-12-24-33)37(31-19-7-1-8-20-31)38(32-21-9-2-10-22-32)40(44(43)45)34-25-13-4-14-26-34/h1-30H. The van der Waals surface area contributed by atoms with Crippen LogP contribution in [0.1, 0.15) is 27.0 Å². The predicted molar refractivity (Wildman–Crippen MR) is 191 cm³/mol. The Bertz CT molecular complexity index is 2200. The molecule has 0 N–H and O–H groups in total. The highest BCUT2D eigenvalue weighted by molar-refractivity contribution is 6.45. The van der Waals surface area contributed by atoms with Crippen LogP contribution in [0.4, 0.5) is 0 Å². The lowest BCUT2D eigenvalue weighted by atomic mass is 9.76. The van der Waals surface area contributed by atoms with E-state index >= 15 is 4.79 Å². The molecule has 0 aliphatic heterocycles. The van der Waals surface area contributed by atoms with Crippen molar-refractivity contribution in [3.8, 4) is 44.5 Å². The van der Waals surface area contributed by atoms with Crippen LogP contribution >= 0.6 is 0 Å². The number of carbonyl (C=O) groups is 1. The average Bonchev–Trinajstić information content (AvgIpc) is 3.45. The summed E-state index contributed by atoms with van der Waals surface area (Å²) in [6.45, 7) is 0. The van der Waals surface area contributed by atoms with E-state index in [4.69, 9.17) is 0 Å². The maximum atomic E-state index is 15.3. The zero-order chi connectivity index (χ0) is 30.9. The van der Waals surface area contributed by atoms with E-state index in [0.29, 0.717) is 0 Å². The van der Waals surface area contributed by atoms with Crippen LogP contribution in [0.15, 0.2) is 182 Å². The van der Waals surface area contributed by atoms with Gasteiger partial charge in [-0.3, -0.25) is 4.79 Å². The van der Waals surface area contributed by atoms with Crippen molar-refractivity contribution in [2.24, 2.45) is 0 Å². The van der Waals surface area contributed by atoms with E-state index in [0.717, 1.165) is 77.9 Å². The quantitative estimate of drug-likeness (QED) is 0.189. The van der Waals surface area contributed by atoms with Crippen molar-refractivity contribution in [1.82, 2.24) is 0 Å². The molecule has 8 rings (SSSR count). The van der Waals surface area contributed by atoms with Crippen LogP contribution in [0.3, 0.4) is 0 Å². The molecule has 0 bridgehead atoms. The number of Topliss-reactive ketones (excluding diaryl/α,β-unsaturated/α-hetero) is 1. The Morgan fingerprint density at radius 1 is 0.217 bits per heavy atom. The topological polar surface area (TPSA) is 17.1 Å². The van der Waals surface area contributed by atoms with Crippen LogP contribution < -0.4 is 0 Å². The van der Waals surface area contributed by atoms with Crippen LogP contribution in [-0.2, 0) is 0 Å². The van der Waals surface area contributed by atoms with Crippen LogP contribution in [0, 0.1) is 0 Å². The number of hydrogen-bond donors (Lipinski definition) is 0. The number of fused-ring (bicyclic) bond motifs is 1. The number of rotatable bonds is 6. The van der Waals surface area contributed by atoms with Gasteiger partial charge in [-0.15, -0.1) is 0 Å². The number of carbonyl (C=O) groups excluding carboxylic acids is 1. The molecule has 1 aliphatic rings. The summed E-state index contributed by atoms with van der Waals surface area (Å²) in [6, 6.07) is 62.8. The normalized spacial score (nSPS) is 12.3. The molecule has 0 heterocycles. The van der Waals surface area contributed by atoms with E-state index in [9.17, 15) is 0 Å². The maximum Gasteiger partial charge on any atom is 0.195 e. The molecule has 1 heteroatoms. The zero-order valence-corrected chi connectivity index (χ0v) is 25.2. The van der Waals surface area contributed by atoms with Crippen molar-refractivity contribution < 1.29 is 4.79 Å². The Balaban J connectivity index is 1.66. The van der Waals surface area contributed by atoms with Crippen molar-refractivity contribution >= 4 is 16.9 Å². The van der Waals surface area contributed by atoms with E-state index in [1.165, 1.54) is 0 Å². The van der Waals surface area contributed by atoms with Gasteiger partial charge < -0.3 is 0 Å². The molecule has 46 heavy (non-hydrogen) atoms. The van der Waals surface area contributed by atoms with Gasteiger partial charge >= 0.3 is 0 Å². The molecular weight excluding hydrogens is 556 g/mol. The summed E-state index contributed by atoms with van der Waals surface area (Å²) in [5, 5.41) is 0. The minimum Gasteiger partial charge on any atom is -0.289 e. The molecule has 0 aromatic heterocycles. The minimum absolute atomic E-state index is 0.0490. The lowest BCUT2D eigenvalue weighted by molar-refractivity contribution is 0.106. The van der Waals surface area contributed by atoms with Gasteiger partial charge in [0.2, 0.25) is 0 Å². The molecule has 1 aliphatic carbocycles. The maximum absolute atomic E-state index is 15.3. The first-order valence-corrected chi connectivity index (χ1v) is 15.7. The Labute approximate surface area is 269 Å². The highest BCUT2D eigenvalue weighted by atomic mass is 16.1. The first-order valence-electron chi connectivity index (χ1n) is 15.7. The molecule has 0 saturated heterocycles. The summed E-state index contributed by atoms with van der Waals surface area (Å²) in [4.78, 5) is 15.3. The van der Waals surface area contributed by atoms with Gasteiger partial charge in [-0.1, -0.05) is 182 Å². The number of allylic oxidation sites excluding steroid dienone is 1. The molecule has 0 unspecified atom stereocenters. The van der Waals surface area contributed by atoms with Gasteiger partial charge in [0.1, 0.15) is 0 Å². The third kappa shape index (κ3) is 4.62. The fourth-order valence-corrected chi connectivity index (χ4v) is 6.94. The van der Waals surface area contributed by atoms with Gasteiger partial charge in [0, 0.05) is 27.8 Å². The molecule has 216 valence electrons. The van der Waals surface area contributed by atoms with Gasteiger partial charge in [-0.2, -0.15) is 0 Å². The number of benzene rings is 7. The second-order valence-corrected chi connectivity index (χ2v) is 11.5. The van der Waals surface area contributed by atoms with Crippen molar-refractivity contribution in [1.29, 1.82) is 0 Å². The third-order valence-electron chi connectivity index (χ3n) is 8.83. The van der Waals surface area contributed by atoms with Gasteiger partial charge in [0.15, 0.2) is 5.78 Å². The predicted octanol–water partition coefficient (Wildman–Crippen LogP) is 11.5. The Morgan fingerprint density at radius 2 is 0.457 bits per heavy atom. The smallest absolute Gasteiger partial charge is 0.195 e. The van der Waals surface area contributed by atoms with Gasteiger partial charge in [0.25, 0.3) is 0 Å². The van der Waals surface area contributed by atoms with Gasteiger partial charge in [-0.05, 0) is 50.1 Å². The summed E-state index contributed by atoms with van der Waals surface area (Å²) < 4.78 is 0. The molecule has 0 atom stereocenters. The van der Waals surface area contributed by atoms with Crippen molar-refractivity contribution in [2.45, 2.75) is 0 Å². The van der Waals surface area contributed by atoms with Crippen molar-refractivity contribution in [3.05, 3.63) is 204 Å². The van der Waals surface area contributed by atoms with Gasteiger partial charge in [0.05, 0.1) is 0 Å². The summed E-state index contributed by atoms with van der Waals surface area (Å²) in [7, 11) is 0. The summed E-state index contributed by atoms with van der Waals surface area (Å²) in [5.74, 6) is 0.0490. The lowest BCUT2D eigenvalue weighted by Crippen LogP contribution is -2.06. The van der Waals surface area contributed by atoms with E-state index in [-0.39, 0.29) is 5.78 Å². The molecule has 0 spiro atoms. The molecule has 7 aromatic carbocycles. The summed E-state index contributed by atoms with van der Waals surface area (Å²) >= 11 is 0. The molecule has 0 fully saturated rings. The fourth-order valence-electron chi connectivity index (χ4n) is 6.94.